The molecule has 1 atom stereocenters. The molecule has 1 fully saturated rings. The Kier molecular flexibility index (Phi) is 5.75. The second-order valence-electron chi connectivity index (χ2n) is 5.45. The first-order valence-corrected chi connectivity index (χ1v) is 8.87. The largest absolute Gasteiger partial charge is 0.383 e. The van der Waals surface area contributed by atoms with Gasteiger partial charge in [0.15, 0.2) is 0 Å². The van der Waals surface area contributed by atoms with Gasteiger partial charge >= 0.3 is 0 Å². The number of benzene rings is 1. The Bertz CT molecular complexity index is 533. The second kappa shape index (κ2) is 7.35. The summed E-state index contributed by atoms with van der Waals surface area (Å²) in [5.41, 5.74) is 1.10. The number of methoxy groups -OCH3 is 1. The lowest BCUT2D eigenvalue weighted by Gasteiger charge is -2.17. The van der Waals surface area contributed by atoms with E-state index in [-0.39, 0.29) is 12.1 Å². The van der Waals surface area contributed by atoms with Crippen LogP contribution in [-0.2, 0) is 21.2 Å². The van der Waals surface area contributed by atoms with Crippen LogP contribution in [0.2, 0.25) is 0 Å². The summed E-state index contributed by atoms with van der Waals surface area (Å²) in [6.45, 7) is 3.57. The monoisotopic (exact) mass is 312 g/mol. The molecule has 0 radical (unpaired) electrons. The van der Waals surface area contributed by atoms with Crippen LogP contribution in [0.3, 0.4) is 0 Å². The topological polar surface area (TPSA) is 67.4 Å². The van der Waals surface area contributed by atoms with E-state index in [9.17, 15) is 8.42 Å². The Balaban J connectivity index is 2.00. The van der Waals surface area contributed by atoms with Crippen molar-refractivity contribution in [2.45, 2.75) is 43.2 Å². The predicted molar refractivity (Wildman–Crippen MR) is 82.8 cm³/mol. The average molecular weight is 312 g/mol. The Morgan fingerprint density at radius 2 is 1.95 bits per heavy atom. The van der Waals surface area contributed by atoms with Crippen molar-refractivity contribution in [1.82, 2.24) is 10.0 Å². The van der Waals surface area contributed by atoms with Crippen LogP contribution in [0.5, 0.6) is 0 Å². The van der Waals surface area contributed by atoms with E-state index >= 15 is 0 Å². The van der Waals surface area contributed by atoms with Crippen LogP contribution < -0.4 is 10.0 Å². The molecule has 6 heteroatoms. The molecule has 2 N–H and O–H groups in total. The van der Waals surface area contributed by atoms with Crippen molar-refractivity contribution < 1.29 is 13.2 Å². The van der Waals surface area contributed by atoms with Gasteiger partial charge in [0.1, 0.15) is 0 Å². The summed E-state index contributed by atoms with van der Waals surface area (Å²) in [4.78, 5) is 0.338. The summed E-state index contributed by atoms with van der Waals surface area (Å²) >= 11 is 0. The van der Waals surface area contributed by atoms with Crippen LogP contribution >= 0.6 is 0 Å². The number of likely N-dealkylation sites (N-methyl/N-ethyl adjacent to an activating group) is 1. The van der Waals surface area contributed by atoms with Gasteiger partial charge in [-0.25, -0.2) is 13.1 Å². The van der Waals surface area contributed by atoms with Gasteiger partial charge in [-0.05, 0) is 43.5 Å². The highest BCUT2D eigenvalue weighted by atomic mass is 32.2. The Morgan fingerprint density at radius 1 is 1.29 bits per heavy atom. The third kappa shape index (κ3) is 5.07. The first-order chi connectivity index (χ1) is 10.0. The molecule has 0 saturated heterocycles. The van der Waals surface area contributed by atoms with Gasteiger partial charge < -0.3 is 10.1 Å². The van der Waals surface area contributed by atoms with Gasteiger partial charge in [0.25, 0.3) is 0 Å². The third-order valence-corrected chi connectivity index (χ3v) is 5.01. The number of sulfonamides is 1. The van der Waals surface area contributed by atoms with E-state index < -0.39 is 10.0 Å². The molecule has 1 saturated carbocycles. The lowest BCUT2D eigenvalue weighted by Crippen LogP contribution is -2.35. The first kappa shape index (κ1) is 16.4. The van der Waals surface area contributed by atoms with Crippen molar-refractivity contribution >= 4 is 10.0 Å². The SMILES string of the molecule is CCNC(COC)Cc1ccc(S(=O)(=O)NC2CC2)cc1. The summed E-state index contributed by atoms with van der Waals surface area (Å²) in [7, 11) is -1.67. The quantitative estimate of drug-likeness (QED) is 0.721. The zero-order chi connectivity index (χ0) is 15.3. The Hall–Kier alpha value is -0.950. The highest BCUT2D eigenvalue weighted by Gasteiger charge is 2.27. The van der Waals surface area contributed by atoms with Crippen LogP contribution in [-0.4, -0.2) is 40.8 Å². The van der Waals surface area contributed by atoms with Crippen LogP contribution in [0.4, 0.5) is 0 Å². The molecule has 0 aromatic heterocycles. The zero-order valence-electron chi connectivity index (χ0n) is 12.6. The molecule has 1 unspecified atom stereocenters. The predicted octanol–water partition coefficient (Wildman–Crippen LogP) is 1.29. The van der Waals surface area contributed by atoms with Gasteiger partial charge in [0, 0.05) is 19.2 Å². The van der Waals surface area contributed by atoms with E-state index in [1.807, 2.05) is 12.1 Å². The molecule has 1 aromatic carbocycles. The summed E-state index contributed by atoms with van der Waals surface area (Å²) in [6.07, 6.45) is 2.70. The van der Waals surface area contributed by atoms with E-state index in [4.69, 9.17) is 4.74 Å². The zero-order valence-corrected chi connectivity index (χ0v) is 13.4. The minimum absolute atomic E-state index is 0.134. The fourth-order valence-electron chi connectivity index (χ4n) is 2.26. The van der Waals surface area contributed by atoms with Crippen LogP contribution in [0.15, 0.2) is 29.2 Å². The van der Waals surface area contributed by atoms with E-state index in [0.29, 0.717) is 11.5 Å². The van der Waals surface area contributed by atoms with Crippen molar-refractivity contribution in [2.24, 2.45) is 0 Å². The molecular weight excluding hydrogens is 288 g/mol. The maximum atomic E-state index is 12.1. The third-order valence-electron chi connectivity index (χ3n) is 3.48. The molecule has 0 amide bonds. The number of hydrogen-bond acceptors (Lipinski definition) is 4. The number of hydrogen-bond donors (Lipinski definition) is 2. The molecule has 0 aliphatic heterocycles. The van der Waals surface area contributed by atoms with Gasteiger partial charge in [0.05, 0.1) is 11.5 Å². The summed E-state index contributed by atoms with van der Waals surface area (Å²) in [6, 6.07) is 7.48. The number of nitrogens with one attached hydrogen (secondary N) is 2. The molecule has 0 spiro atoms. The molecule has 1 aliphatic carbocycles. The van der Waals surface area contributed by atoms with E-state index in [0.717, 1.165) is 31.4 Å². The normalized spacial score (nSPS) is 16.9. The summed E-state index contributed by atoms with van der Waals surface area (Å²) in [5, 5.41) is 3.36. The van der Waals surface area contributed by atoms with E-state index in [2.05, 4.69) is 17.0 Å². The minimum Gasteiger partial charge on any atom is -0.383 e. The first-order valence-electron chi connectivity index (χ1n) is 7.38. The maximum absolute atomic E-state index is 12.1. The summed E-state index contributed by atoms with van der Waals surface area (Å²) in [5.74, 6) is 0. The summed E-state index contributed by atoms with van der Waals surface area (Å²) < 4.78 is 32.0. The van der Waals surface area contributed by atoms with Gasteiger partial charge in [-0.1, -0.05) is 19.1 Å². The van der Waals surface area contributed by atoms with Crippen molar-refractivity contribution in [1.29, 1.82) is 0 Å². The lowest BCUT2D eigenvalue weighted by molar-refractivity contribution is 0.167. The minimum atomic E-state index is -3.35. The molecule has 2 rings (SSSR count). The Morgan fingerprint density at radius 3 is 2.48 bits per heavy atom. The molecule has 0 heterocycles. The van der Waals surface area contributed by atoms with Crippen molar-refractivity contribution in [3.63, 3.8) is 0 Å². The second-order valence-corrected chi connectivity index (χ2v) is 7.17. The molecule has 1 aliphatic rings. The smallest absolute Gasteiger partial charge is 0.240 e. The number of ether oxygens (including phenoxy) is 1. The molecular formula is C15H24N2O3S. The van der Waals surface area contributed by atoms with Gasteiger partial charge in [-0.2, -0.15) is 0 Å². The Labute approximate surface area is 127 Å². The molecule has 1 aromatic rings. The fraction of sp³-hybridized carbons (Fsp3) is 0.600. The van der Waals surface area contributed by atoms with Crippen LogP contribution in [0, 0.1) is 0 Å². The van der Waals surface area contributed by atoms with Gasteiger partial charge in [-0.15, -0.1) is 0 Å². The molecule has 21 heavy (non-hydrogen) atoms. The number of rotatable bonds is 9. The van der Waals surface area contributed by atoms with Gasteiger partial charge in [0.2, 0.25) is 10.0 Å². The highest BCUT2D eigenvalue weighted by Crippen LogP contribution is 2.22. The average Bonchev–Trinajstić information content (AvgIpc) is 3.23. The van der Waals surface area contributed by atoms with Crippen molar-refractivity contribution in [2.75, 3.05) is 20.3 Å². The molecule has 5 nitrogen and oxygen atoms in total. The standard InChI is InChI=1S/C15H24N2O3S/c1-3-16-14(11-20-2)10-12-4-8-15(9-5-12)21(18,19)17-13-6-7-13/h4-5,8-9,13-14,16-17H,3,6-7,10-11H2,1-2H3. The van der Waals surface area contributed by atoms with Crippen molar-refractivity contribution in [3.8, 4) is 0 Å². The molecule has 118 valence electrons. The lowest BCUT2D eigenvalue weighted by atomic mass is 10.1. The fourth-order valence-corrected chi connectivity index (χ4v) is 3.56. The highest BCUT2D eigenvalue weighted by molar-refractivity contribution is 7.89. The van der Waals surface area contributed by atoms with Crippen LogP contribution in [0.25, 0.3) is 0 Å². The van der Waals surface area contributed by atoms with E-state index in [1.54, 1.807) is 19.2 Å². The maximum Gasteiger partial charge on any atom is 0.240 e. The van der Waals surface area contributed by atoms with Gasteiger partial charge in [-0.3, -0.25) is 0 Å². The van der Waals surface area contributed by atoms with E-state index in [1.165, 1.54) is 0 Å². The van der Waals surface area contributed by atoms with Crippen LogP contribution in [0.1, 0.15) is 25.3 Å². The van der Waals surface area contributed by atoms with Crippen molar-refractivity contribution in [3.05, 3.63) is 29.8 Å². The molecule has 0 bridgehead atoms.